The topological polar surface area (TPSA) is 26.0 Å². The fraction of sp³-hybridized carbons (Fsp3) is 0.143. The molecule has 0 unspecified atom stereocenters. The molecule has 1 nitrogen and oxygen atoms in total. The molecule has 0 aliphatic rings. The Morgan fingerprint density at radius 1 is 1.33 bits per heavy atom. The number of hydrogen-bond donors (Lipinski definition) is 1. The van der Waals surface area contributed by atoms with E-state index in [1.807, 2.05) is 24.3 Å². The van der Waals surface area contributed by atoms with Crippen molar-refractivity contribution in [3.05, 3.63) is 29.8 Å². The highest BCUT2D eigenvalue weighted by atomic mass is 14.5. The van der Waals surface area contributed by atoms with Crippen LogP contribution < -0.4 is 5.73 Å². The van der Waals surface area contributed by atoms with E-state index in [0.29, 0.717) is 6.32 Å². The largest absolute Gasteiger partial charge is 0.399 e. The summed E-state index contributed by atoms with van der Waals surface area (Å²) in [5.74, 6) is 0. The van der Waals surface area contributed by atoms with Crippen LogP contribution in [0.4, 0.5) is 5.69 Å². The molecule has 2 N–H and O–H groups in total. The van der Waals surface area contributed by atoms with Crippen molar-refractivity contribution in [3.8, 4) is 0 Å². The van der Waals surface area contributed by atoms with E-state index in [0.717, 1.165) is 11.3 Å². The Morgan fingerprint density at radius 3 is 2.44 bits per heavy atom. The highest BCUT2D eigenvalue weighted by molar-refractivity contribution is 6.08. The first-order chi connectivity index (χ1) is 4.34. The summed E-state index contributed by atoms with van der Waals surface area (Å²) in [6, 6.07) is 7.60. The van der Waals surface area contributed by atoms with Gasteiger partial charge in [0, 0.05) is 5.69 Å². The fourth-order valence-electron chi connectivity index (χ4n) is 0.720. The van der Waals surface area contributed by atoms with Crippen molar-refractivity contribution in [2.45, 2.75) is 6.32 Å². The fourth-order valence-corrected chi connectivity index (χ4v) is 0.720. The second-order valence-corrected chi connectivity index (χ2v) is 1.90. The van der Waals surface area contributed by atoms with Crippen molar-refractivity contribution in [3.63, 3.8) is 0 Å². The van der Waals surface area contributed by atoms with Gasteiger partial charge < -0.3 is 5.73 Å². The molecule has 0 amide bonds. The number of nitrogens with two attached hydrogens (primary N) is 1. The van der Waals surface area contributed by atoms with Gasteiger partial charge in [0.15, 0.2) is 0 Å². The van der Waals surface area contributed by atoms with Gasteiger partial charge in [-0.2, -0.15) is 0 Å². The first-order valence-corrected chi connectivity index (χ1v) is 2.88. The van der Waals surface area contributed by atoms with Crippen LogP contribution >= 0.6 is 0 Å². The van der Waals surface area contributed by atoms with E-state index < -0.39 is 0 Å². The van der Waals surface area contributed by atoms with E-state index in [1.54, 1.807) is 0 Å². The van der Waals surface area contributed by atoms with Crippen molar-refractivity contribution in [2.24, 2.45) is 0 Å². The van der Waals surface area contributed by atoms with Gasteiger partial charge in [0.2, 0.25) is 0 Å². The van der Waals surface area contributed by atoms with Crippen molar-refractivity contribution in [1.82, 2.24) is 0 Å². The molecule has 0 spiro atoms. The van der Waals surface area contributed by atoms with Gasteiger partial charge in [0.1, 0.15) is 0 Å². The molecule has 0 saturated carbocycles. The standard InChI is InChI=1S/C7H8BN/c8-5-6-3-1-2-4-7(6)9/h1-4H,5,9H2. The van der Waals surface area contributed by atoms with Crippen molar-refractivity contribution in [2.75, 3.05) is 5.73 Å². The second-order valence-electron chi connectivity index (χ2n) is 1.90. The lowest BCUT2D eigenvalue weighted by molar-refractivity contribution is 1.40. The van der Waals surface area contributed by atoms with E-state index >= 15 is 0 Å². The Morgan fingerprint density at radius 2 is 2.00 bits per heavy atom. The average molecular weight is 117 g/mol. The normalized spacial score (nSPS) is 9.33. The maximum Gasteiger partial charge on any atom is 0.0717 e. The Hall–Kier alpha value is -0.915. The third kappa shape index (κ3) is 1.25. The van der Waals surface area contributed by atoms with Crippen LogP contribution in [-0.4, -0.2) is 7.85 Å². The molecule has 1 aromatic carbocycles. The van der Waals surface area contributed by atoms with E-state index in [-0.39, 0.29) is 0 Å². The quantitative estimate of drug-likeness (QED) is 0.429. The predicted molar refractivity (Wildman–Crippen MR) is 40.3 cm³/mol. The average Bonchev–Trinajstić information content (AvgIpc) is 1.89. The van der Waals surface area contributed by atoms with Crippen LogP contribution in [0.3, 0.4) is 0 Å². The SMILES string of the molecule is [B]Cc1ccccc1N. The monoisotopic (exact) mass is 117 g/mol. The lowest BCUT2D eigenvalue weighted by Gasteiger charge is -1.98. The summed E-state index contributed by atoms with van der Waals surface area (Å²) in [7, 11) is 5.37. The molecule has 0 fully saturated rings. The lowest BCUT2D eigenvalue weighted by atomic mass is 9.96. The molecule has 1 aromatic rings. The molecule has 1 rings (SSSR count). The summed E-state index contributed by atoms with van der Waals surface area (Å²) in [4.78, 5) is 0. The third-order valence-electron chi connectivity index (χ3n) is 1.28. The van der Waals surface area contributed by atoms with Crippen LogP contribution in [0.5, 0.6) is 0 Å². The lowest BCUT2D eigenvalue weighted by Crippen LogP contribution is -1.92. The number of benzene rings is 1. The van der Waals surface area contributed by atoms with Gasteiger partial charge in [0.25, 0.3) is 0 Å². The molecule has 2 heteroatoms. The zero-order valence-corrected chi connectivity index (χ0v) is 5.17. The molecule has 0 atom stereocenters. The van der Waals surface area contributed by atoms with E-state index in [4.69, 9.17) is 13.6 Å². The Kier molecular flexibility index (Phi) is 1.78. The molecule has 9 heavy (non-hydrogen) atoms. The number of anilines is 1. The summed E-state index contributed by atoms with van der Waals surface area (Å²) in [6.45, 7) is 0. The minimum Gasteiger partial charge on any atom is -0.399 e. The zero-order chi connectivity index (χ0) is 6.69. The third-order valence-corrected chi connectivity index (χ3v) is 1.28. The molecule has 0 heterocycles. The number of hydrogen-bond acceptors (Lipinski definition) is 1. The zero-order valence-electron chi connectivity index (χ0n) is 5.17. The van der Waals surface area contributed by atoms with Crippen molar-refractivity contribution in [1.29, 1.82) is 0 Å². The maximum absolute atomic E-state index is 5.55. The second kappa shape index (κ2) is 2.58. The molecule has 2 radical (unpaired) electrons. The van der Waals surface area contributed by atoms with Gasteiger partial charge in [-0.1, -0.05) is 24.5 Å². The number of para-hydroxylation sites is 1. The predicted octanol–water partition coefficient (Wildman–Crippen LogP) is 0.937. The summed E-state index contributed by atoms with van der Waals surface area (Å²) in [5.41, 5.74) is 7.34. The molecule has 0 aliphatic heterocycles. The van der Waals surface area contributed by atoms with Crippen LogP contribution in [0, 0.1) is 0 Å². The first-order valence-electron chi connectivity index (χ1n) is 2.88. The van der Waals surface area contributed by atoms with Crippen molar-refractivity contribution >= 4 is 13.5 Å². The van der Waals surface area contributed by atoms with Gasteiger partial charge in [-0.25, -0.2) is 0 Å². The molecule has 0 aliphatic carbocycles. The van der Waals surface area contributed by atoms with E-state index in [2.05, 4.69) is 0 Å². The van der Waals surface area contributed by atoms with Crippen LogP contribution in [-0.2, 0) is 6.32 Å². The number of nitrogen functional groups attached to an aromatic ring is 1. The van der Waals surface area contributed by atoms with Gasteiger partial charge >= 0.3 is 0 Å². The van der Waals surface area contributed by atoms with E-state index in [1.165, 1.54) is 0 Å². The highest BCUT2D eigenvalue weighted by Gasteiger charge is 1.90. The highest BCUT2D eigenvalue weighted by Crippen LogP contribution is 2.08. The molecule has 0 saturated heterocycles. The summed E-state index contributed by atoms with van der Waals surface area (Å²) in [6.07, 6.45) is 0.521. The summed E-state index contributed by atoms with van der Waals surface area (Å²) >= 11 is 0. The van der Waals surface area contributed by atoms with Crippen LogP contribution in [0.1, 0.15) is 5.56 Å². The smallest absolute Gasteiger partial charge is 0.0717 e. The Labute approximate surface area is 56.3 Å². The minimum absolute atomic E-state index is 0.521. The van der Waals surface area contributed by atoms with Gasteiger partial charge in [-0.15, -0.1) is 0 Å². The minimum atomic E-state index is 0.521. The van der Waals surface area contributed by atoms with Gasteiger partial charge in [-0.3, -0.25) is 0 Å². The molecule has 0 aromatic heterocycles. The maximum atomic E-state index is 5.55. The van der Waals surface area contributed by atoms with Crippen LogP contribution in [0.25, 0.3) is 0 Å². The molecule has 44 valence electrons. The first kappa shape index (κ1) is 6.21. The summed E-state index contributed by atoms with van der Waals surface area (Å²) < 4.78 is 0. The Bertz CT molecular complexity index is 198. The molecular formula is C7H8BN. The Balaban J connectivity index is 3.01. The van der Waals surface area contributed by atoms with Gasteiger partial charge in [0.05, 0.1) is 7.85 Å². The van der Waals surface area contributed by atoms with Crippen LogP contribution in [0.15, 0.2) is 24.3 Å². The van der Waals surface area contributed by atoms with Crippen LogP contribution in [0.2, 0.25) is 0 Å². The molecule has 0 bridgehead atoms. The molecular weight excluding hydrogens is 109 g/mol. The van der Waals surface area contributed by atoms with E-state index in [9.17, 15) is 0 Å². The number of rotatable bonds is 1. The van der Waals surface area contributed by atoms with Crippen molar-refractivity contribution < 1.29 is 0 Å². The summed E-state index contributed by atoms with van der Waals surface area (Å²) in [5, 5.41) is 0. The van der Waals surface area contributed by atoms with Gasteiger partial charge in [-0.05, 0) is 11.6 Å².